The fraction of sp³-hybridized carbons (Fsp3) is 1.00. The lowest BCUT2D eigenvalue weighted by Gasteiger charge is -2.03. The third kappa shape index (κ3) is 2.84. The van der Waals surface area contributed by atoms with Gasteiger partial charge in [0.25, 0.3) is 0 Å². The lowest BCUT2D eigenvalue weighted by molar-refractivity contribution is 0.513. The molecule has 0 N–H and O–H groups in total. The van der Waals surface area contributed by atoms with E-state index in [0.29, 0.717) is 0 Å². The molecule has 60 valence electrons. The molecule has 1 fully saturated rings. The predicted molar refractivity (Wildman–Crippen MR) is 49.3 cm³/mol. The summed E-state index contributed by atoms with van der Waals surface area (Å²) in [5.74, 6) is 0. The van der Waals surface area contributed by atoms with E-state index < -0.39 is 0 Å². The van der Waals surface area contributed by atoms with E-state index in [-0.39, 0.29) is 8.80 Å². The molecule has 1 heterocycles. The van der Waals surface area contributed by atoms with Gasteiger partial charge in [-0.15, -0.1) is 0 Å². The zero-order valence-electron chi connectivity index (χ0n) is 7.43. The topological polar surface area (TPSA) is 3.01 Å². The van der Waals surface area contributed by atoms with Gasteiger partial charge in [0.05, 0.1) is 0 Å². The molecule has 0 spiro atoms. The molecule has 10 heavy (non-hydrogen) atoms. The highest BCUT2D eigenvalue weighted by molar-refractivity contribution is 6.55. The Morgan fingerprint density at radius 2 is 2.10 bits per heavy atom. The minimum Gasteiger partial charge on any atom is -0.298 e. The van der Waals surface area contributed by atoms with Crippen LogP contribution in [0.1, 0.15) is 13.3 Å². The average Bonchev–Trinajstić information content (AvgIpc) is 2.46. The molecule has 2 atom stereocenters. The third-order valence-electron chi connectivity index (χ3n) is 2.22. The Bertz CT molecular complexity index is 103. The summed E-state index contributed by atoms with van der Waals surface area (Å²) in [5, 5.41) is 0. The van der Waals surface area contributed by atoms with Crippen molar-refractivity contribution in [1.82, 2.24) is 4.90 Å². The maximum absolute atomic E-state index is 2.55. The molecule has 0 aromatic carbocycles. The first-order chi connectivity index (χ1) is 4.70. The number of rotatable bonds is 4. The van der Waals surface area contributed by atoms with Crippen LogP contribution >= 0.6 is 0 Å². The van der Waals surface area contributed by atoms with Crippen molar-refractivity contribution in [2.45, 2.75) is 38.5 Å². The van der Waals surface area contributed by atoms with Gasteiger partial charge < -0.3 is 0 Å². The summed E-state index contributed by atoms with van der Waals surface area (Å²) in [7, 11) is -0.249. The second kappa shape index (κ2) is 3.53. The van der Waals surface area contributed by atoms with E-state index in [1.165, 1.54) is 25.6 Å². The first-order valence-corrected chi connectivity index (χ1v) is 7.57. The van der Waals surface area contributed by atoms with Gasteiger partial charge in [0, 0.05) is 21.4 Å². The molecule has 1 rings (SSSR count). The van der Waals surface area contributed by atoms with Gasteiger partial charge in [0.2, 0.25) is 0 Å². The van der Waals surface area contributed by atoms with E-state index in [0.717, 1.165) is 6.04 Å². The Morgan fingerprint density at radius 1 is 1.50 bits per heavy atom. The van der Waals surface area contributed by atoms with Crippen LogP contribution in [0.15, 0.2) is 0 Å². The van der Waals surface area contributed by atoms with Crippen molar-refractivity contribution in [3.63, 3.8) is 0 Å². The standard InChI is InChI=1S/C8H19NSi/c1-8-7-9(8)5-4-6-10(2)3/h8,10H,4-7H2,1-3H3. The van der Waals surface area contributed by atoms with Crippen LogP contribution in [0.25, 0.3) is 0 Å². The van der Waals surface area contributed by atoms with Crippen molar-refractivity contribution in [2.24, 2.45) is 0 Å². The number of hydrogen-bond donors (Lipinski definition) is 0. The predicted octanol–water partition coefficient (Wildman–Crippen LogP) is 1.57. The molecular formula is C8H19NSi. The molecule has 1 saturated heterocycles. The highest BCUT2D eigenvalue weighted by Gasteiger charge is 2.27. The molecule has 1 aliphatic rings. The molecule has 0 aromatic rings. The Hall–Kier alpha value is 0.177. The molecule has 2 unspecified atom stereocenters. The van der Waals surface area contributed by atoms with Gasteiger partial charge in [0.1, 0.15) is 0 Å². The number of hydrogen-bond acceptors (Lipinski definition) is 1. The molecule has 1 nitrogen and oxygen atoms in total. The van der Waals surface area contributed by atoms with Crippen LogP contribution < -0.4 is 0 Å². The summed E-state index contributed by atoms with van der Waals surface area (Å²) in [6, 6.07) is 2.44. The van der Waals surface area contributed by atoms with Crippen molar-refractivity contribution < 1.29 is 0 Å². The summed E-state index contributed by atoms with van der Waals surface area (Å²) in [5.41, 5.74) is 0. The normalized spacial score (nSPS) is 31.2. The first kappa shape index (κ1) is 8.28. The van der Waals surface area contributed by atoms with Gasteiger partial charge in [-0.3, -0.25) is 4.90 Å². The van der Waals surface area contributed by atoms with E-state index in [1.807, 2.05) is 0 Å². The van der Waals surface area contributed by atoms with Gasteiger partial charge in [-0.05, 0) is 19.9 Å². The molecule has 0 aromatic heterocycles. The lowest BCUT2D eigenvalue weighted by atomic mass is 10.5. The van der Waals surface area contributed by atoms with Crippen LogP contribution in [0.3, 0.4) is 0 Å². The molecule has 0 bridgehead atoms. The van der Waals surface area contributed by atoms with Crippen molar-refractivity contribution in [1.29, 1.82) is 0 Å². The Labute approximate surface area is 66.0 Å². The van der Waals surface area contributed by atoms with Gasteiger partial charge in [0.15, 0.2) is 0 Å². The zero-order chi connectivity index (χ0) is 7.56. The maximum atomic E-state index is 2.55. The summed E-state index contributed by atoms with van der Waals surface area (Å²) >= 11 is 0. The van der Waals surface area contributed by atoms with Gasteiger partial charge in [-0.2, -0.15) is 0 Å². The summed E-state index contributed by atoms with van der Waals surface area (Å²) < 4.78 is 0. The Balaban J connectivity index is 1.87. The molecule has 0 saturated carbocycles. The minimum absolute atomic E-state index is 0.249. The average molecular weight is 157 g/mol. The minimum atomic E-state index is -0.249. The smallest absolute Gasteiger partial charge is 0.0306 e. The Morgan fingerprint density at radius 3 is 2.50 bits per heavy atom. The fourth-order valence-electron chi connectivity index (χ4n) is 1.31. The second-order valence-corrected chi connectivity index (χ2v) is 7.25. The van der Waals surface area contributed by atoms with Crippen LogP contribution in [0, 0.1) is 0 Å². The molecule has 0 aliphatic carbocycles. The molecule has 2 heteroatoms. The van der Waals surface area contributed by atoms with Crippen molar-refractivity contribution in [3.05, 3.63) is 0 Å². The Kier molecular flexibility index (Phi) is 2.92. The van der Waals surface area contributed by atoms with E-state index in [9.17, 15) is 0 Å². The van der Waals surface area contributed by atoms with E-state index >= 15 is 0 Å². The highest BCUT2D eigenvalue weighted by atomic mass is 28.3. The van der Waals surface area contributed by atoms with E-state index in [2.05, 4.69) is 24.9 Å². The summed E-state index contributed by atoms with van der Waals surface area (Å²) in [6.07, 6.45) is 1.45. The largest absolute Gasteiger partial charge is 0.298 e. The van der Waals surface area contributed by atoms with Gasteiger partial charge in [-0.1, -0.05) is 19.1 Å². The maximum Gasteiger partial charge on any atom is 0.0306 e. The zero-order valence-corrected chi connectivity index (χ0v) is 8.59. The molecular weight excluding hydrogens is 138 g/mol. The monoisotopic (exact) mass is 157 g/mol. The van der Waals surface area contributed by atoms with Crippen LogP contribution in [0.5, 0.6) is 0 Å². The van der Waals surface area contributed by atoms with Crippen molar-refractivity contribution in [2.75, 3.05) is 13.1 Å². The van der Waals surface area contributed by atoms with Gasteiger partial charge >= 0.3 is 0 Å². The summed E-state index contributed by atoms with van der Waals surface area (Å²) in [6.45, 7) is 9.91. The molecule has 1 aliphatic heterocycles. The molecule has 0 radical (unpaired) electrons. The van der Waals surface area contributed by atoms with Crippen molar-refractivity contribution in [3.8, 4) is 0 Å². The van der Waals surface area contributed by atoms with Crippen LogP contribution in [0.4, 0.5) is 0 Å². The quantitative estimate of drug-likeness (QED) is 0.442. The van der Waals surface area contributed by atoms with Gasteiger partial charge in [-0.25, -0.2) is 0 Å². The van der Waals surface area contributed by atoms with Crippen molar-refractivity contribution >= 4 is 8.80 Å². The number of nitrogens with zero attached hydrogens (tertiary/aromatic N) is 1. The van der Waals surface area contributed by atoms with E-state index in [4.69, 9.17) is 0 Å². The van der Waals surface area contributed by atoms with E-state index in [1.54, 1.807) is 0 Å². The third-order valence-corrected chi connectivity index (χ3v) is 3.78. The SMILES string of the molecule is CC1CN1CCC[SiH](C)C. The lowest BCUT2D eigenvalue weighted by Crippen LogP contribution is -2.06. The fourth-order valence-corrected chi connectivity index (χ4v) is 2.31. The van der Waals surface area contributed by atoms with Crippen LogP contribution in [-0.4, -0.2) is 32.8 Å². The summed E-state index contributed by atoms with van der Waals surface area (Å²) in [4.78, 5) is 2.55. The molecule has 0 amide bonds. The second-order valence-electron chi connectivity index (χ2n) is 3.88. The highest BCUT2D eigenvalue weighted by Crippen LogP contribution is 2.16. The van der Waals surface area contributed by atoms with Crippen LogP contribution in [0.2, 0.25) is 19.1 Å². The van der Waals surface area contributed by atoms with Crippen LogP contribution in [-0.2, 0) is 0 Å². The first-order valence-electron chi connectivity index (χ1n) is 4.44.